The van der Waals surface area contributed by atoms with Gasteiger partial charge in [-0.3, -0.25) is 0 Å². The smallest absolute Gasteiger partial charge is 0.539 e. The molecule has 106 valence electrons. The maximum atomic E-state index is 10.5. The van der Waals surface area contributed by atoms with Crippen molar-refractivity contribution in [3.8, 4) is 0 Å². The zero-order valence-corrected chi connectivity index (χ0v) is 15.5. The zero-order valence-electron chi connectivity index (χ0n) is 12.4. The van der Waals surface area contributed by atoms with Crippen LogP contribution in [0.3, 0.4) is 0 Å². The van der Waals surface area contributed by atoms with Gasteiger partial charge in [0, 0.05) is 0 Å². The molecule has 0 fully saturated rings. The molecule has 0 atom stereocenters. The SMILES string of the molecule is CCCCCCCCCCCCOC(=O)C(=O)[O-].[K+]. The van der Waals surface area contributed by atoms with Crippen LogP contribution in [0.4, 0.5) is 0 Å². The summed E-state index contributed by atoms with van der Waals surface area (Å²) in [4.78, 5) is 20.5. The van der Waals surface area contributed by atoms with E-state index in [1.54, 1.807) is 0 Å². The molecule has 5 heteroatoms. The molecule has 0 aliphatic rings. The summed E-state index contributed by atoms with van der Waals surface area (Å²) >= 11 is 0. The van der Waals surface area contributed by atoms with E-state index in [9.17, 15) is 14.7 Å². The summed E-state index contributed by atoms with van der Waals surface area (Å²) in [5.74, 6) is -3.02. The minimum atomic E-state index is -1.76. The molecular formula is C14H25KO4. The van der Waals surface area contributed by atoms with Crippen molar-refractivity contribution in [2.75, 3.05) is 6.61 Å². The second kappa shape index (κ2) is 16.6. The van der Waals surface area contributed by atoms with Gasteiger partial charge < -0.3 is 14.6 Å². The summed E-state index contributed by atoms with van der Waals surface area (Å²) in [6.07, 6.45) is 11.9. The molecule has 0 saturated carbocycles. The van der Waals surface area contributed by atoms with Crippen LogP contribution in [0, 0.1) is 0 Å². The molecule has 0 radical (unpaired) electrons. The third kappa shape index (κ3) is 16.5. The fraction of sp³-hybridized carbons (Fsp3) is 0.857. The Bertz CT molecular complexity index is 231. The first kappa shape index (κ1) is 21.9. The Balaban J connectivity index is 0. The van der Waals surface area contributed by atoms with Gasteiger partial charge in [-0.15, -0.1) is 0 Å². The van der Waals surface area contributed by atoms with Crippen LogP contribution >= 0.6 is 0 Å². The predicted octanol–water partition coefficient (Wildman–Crippen LogP) is -0.796. The van der Waals surface area contributed by atoms with Gasteiger partial charge in [-0.1, -0.05) is 64.7 Å². The summed E-state index contributed by atoms with van der Waals surface area (Å²) in [5, 5.41) is 10.0. The van der Waals surface area contributed by atoms with Crippen molar-refractivity contribution < 1.29 is 70.8 Å². The fourth-order valence-corrected chi connectivity index (χ4v) is 1.81. The van der Waals surface area contributed by atoms with E-state index in [2.05, 4.69) is 11.7 Å². The summed E-state index contributed by atoms with van der Waals surface area (Å²) in [5.41, 5.74) is 0. The number of esters is 1. The van der Waals surface area contributed by atoms with Crippen LogP contribution in [0.15, 0.2) is 0 Å². The number of carboxylic acids is 1. The topological polar surface area (TPSA) is 66.4 Å². The molecule has 0 bridgehead atoms. The van der Waals surface area contributed by atoms with E-state index in [4.69, 9.17) is 0 Å². The largest absolute Gasteiger partial charge is 1.00 e. The summed E-state index contributed by atoms with van der Waals surface area (Å²) < 4.78 is 4.47. The van der Waals surface area contributed by atoms with Gasteiger partial charge in [0.05, 0.1) is 6.61 Å². The van der Waals surface area contributed by atoms with Crippen LogP contribution in [0.25, 0.3) is 0 Å². The van der Waals surface area contributed by atoms with E-state index < -0.39 is 11.9 Å². The van der Waals surface area contributed by atoms with Gasteiger partial charge in [0.1, 0.15) is 0 Å². The van der Waals surface area contributed by atoms with E-state index in [1.165, 1.54) is 44.9 Å². The van der Waals surface area contributed by atoms with Crippen LogP contribution in [0.2, 0.25) is 0 Å². The molecule has 0 aromatic carbocycles. The third-order valence-electron chi connectivity index (χ3n) is 2.90. The summed E-state index contributed by atoms with van der Waals surface area (Å²) in [6.45, 7) is 2.40. The quantitative estimate of drug-likeness (QED) is 0.217. The van der Waals surface area contributed by atoms with Crippen LogP contribution in [0.1, 0.15) is 71.1 Å². The van der Waals surface area contributed by atoms with Crippen molar-refractivity contribution in [3.05, 3.63) is 0 Å². The minimum absolute atomic E-state index is 0. The van der Waals surface area contributed by atoms with E-state index in [0.29, 0.717) is 0 Å². The number of aliphatic carboxylic acids is 1. The van der Waals surface area contributed by atoms with Gasteiger partial charge >= 0.3 is 57.4 Å². The van der Waals surface area contributed by atoms with Gasteiger partial charge in [-0.2, -0.15) is 0 Å². The zero-order chi connectivity index (χ0) is 13.6. The standard InChI is InChI=1S/C14H26O4.K/c1-2-3-4-5-6-7-8-9-10-11-12-18-14(17)13(15)16;/h2-12H2,1H3,(H,15,16);/q;+1/p-1. The first-order valence-electron chi connectivity index (χ1n) is 7.06. The van der Waals surface area contributed by atoms with E-state index >= 15 is 0 Å². The van der Waals surface area contributed by atoms with Gasteiger partial charge in [0.2, 0.25) is 0 Å². The number of rotatable bonds is 11. The van der Waals surface area contributed by atoms with Crippen molar-refractivity contribution in [2.45, 2.75) is 71.1 Å². The Hall–Kier alpha value is 0.576. The summed E-state index contributed by atoms with van der Waals surface area (Å²) in [6, 6.07) is 0. The summed E-state index contributed by atoms with van der Waals surface area (Å²) in [7, 11) is 0. The molecular weight excluding hydrogens is 271 g/mol. The molecule has 0 spiro atoms. The first-order chi connectivity index (χ1) is 8.68. The van der Waals surface area contributed by atoms with Gasteiger partial charge in [-0.25, -0.2) is 4.79 Å². The Kier molecular flexibility index (Phi) is 19.1. The molecule has 0 aliphatic carbocycles. The molecule has 0 N–H and O–H groups in total. The number of carbonyl (C=O) groups is 2. The van der Waals surface area contributed by atoms with Crippen LogP contribution in [-0.4, -0.2) is 18.5 Å². The van der Waals surface area contributed by atoms with Crippen LogP contribution in [0.5, 0.6) is 0 Å². The van der Waals surface area contributed by atoms with Crippen LogP contribution < -0.4 is 56.5 Å². The van der Waals surface area contributed by atoms with Gasteiger partial charge in [-0.05, 0) is 6.42 Å². The Morgan fingerprint density at radius 2 is 1.26 bits per heavy atom. The number of unbranched alkanes of at least 4 members (excludes halogenated alkanes) is 9. The van der Waals surface area contributed by atoms with Gasteiger partial charge in [0.15, 0.2) is 5.97 Å². The predicted molar refractivity (Wildman–Crippen MR) is 67.8 cm³/mol. The average Bonchev–Trinajstić information content (AvgIpc) is 2.35. The number of carboxylic acid groups (broad SMARTS) is 1. The first-order valence-corrected chi connectivity index (χ1v) is 7.06. The minimum Gasteiger partial charge on any atom is -0.539 e. The van der Waals surface area contributed by atoms with Crippen molar-refractivity contribution >= 4 is 11.9 Å². The third-order valence-corrected chi connectivity index (χ3v) is 2.90. The Morgan fingerprint density at radius 1 is 0.842 bits per heavy atom. The second-order valence-electron chi connectivity index (χ2n) is 4.61. The van der Waals surface area contributed by atoms with Crippen molar-refractivity contribution in [3.63, 3.8) is 0 Å². The molecule has 0 aromatic rings. The molecule has 4 nitrogen and oxygen atoms in total. The van der Waals surface area contributed by atoms with E-state index in [0.717, 1.165) is 19.3 Å². The molecule has 0 aliphatic heterocycles. The maximum absolute atomic E-state index is 10.5. The molecule has 0 aromatic heterocycles. The number of carbonyl (C=O) groups excluding carboxylic acids is 2. The monoisotopic (exact) mass is 296 g/mol. The fourth-order valence-electron chi connectivity index (χ4n) is 1.81. The van der Waals surface area contributed by atoms with Crippen molar-refractivity contribution in [1.82, 2.24) is 0 Å². The maximum Gasteiger partial charge on any atom is 1.00 e. The van der Waals surface area contributed by atoms with E-state index in [-0.39, 0.29) is 58.0 Å². The van der Waals surface area contributed by atoms with E-state index in [1.807, 2.05) is 0 Å². The second-order valence-corrected chi connectivity index (χ2v) is 4.61. The molecule has 0 amide bonds. The molecule has 0 unspecified atom stereocenters. The normalized spacial score (nSPS) is 9.74. The molecule has 19 heavy (non-hydrogen) atoms. The number of ether oxygens (including phenoxy) is 1. The van der Waals surface area contributed by atoms with Crippen LogP contribution in [-0.2, 0) is 14.3 Å². The molecule has 0 rings (SSSR count). The van der Waals surface area contributed by atoms with Crippen molar-refractivity contribution in [2.24, 2.45) is 0 Å². The number of hydrogen-bond acceptors (Lipinski definition) is 4. The van der Waals surface area contributed by atoms with Crippen molar-refractivity contribution in [1.29, 1.82) is 0 Å². The molecule has 0 saturated heterocycles. The number of hydrogen-bond donors (Lipinski definition) is 0. The van der Waals surface area contributed by atoms with Gasteiger partial charge in [0.25, 0.3) is 0 Å². The average molecular weight is 296 g/mol. The molecule has 0 heterocycles. The Labute approximate surface area is 159 Å². The Morgan fingerprint density at radius 3 is 1.68 bits per heavy atom.